The molecule has 0 saturated heterocycles. The molecular formula is C13H13F2N3OS. The number of carbonyl (C=O) groups excluding carboxylic acids is 1. The largest absolute Gasteiger partial charge is 0.337 e. The molecule has 106 valence electrons. The fourth-order valence-corrected chi connectivity index (χ4v) is 2.39. The molecule has 0 bridgehead atoms. The second-order valence-corrected chi connectivity index (χ2v) is 5.17. The summed E-state index contributed by atoms with van der Waals surface area (Å²) < 4.78 is 25.0. The van der Waals surface area contributed by atoms with Crippen LogP contribution in [-0.4, -0.2) is 33.8 Å². The first-order valence-electron chi connectivity index (χ1n) is 5.85. The third-order valence-electron chi connectivity index (χ3n) is 2.65. The Hall–Kier alpha value is -1.89. The Bertz CT molecular complexity index is 575. The SMILES string of the molecule is CN(Cc1cn[nH]c1)C(=O)c1ccccc1SC(F)F. The number of thioether (sulfide) groups is 1. The molecule has 1 aromatic carbocycles. The Balaban J connectivity index is 2.15. The molecule has 1 amide bonds. The van der Waals surface area contributed by atoms with Gasteiger partial charge in [-0.1, -0.05) is 23.9 Å². The van der Waals surface area contributed by atoms with Gasteiger partial charge in [-0.15, -0.1) is 0 Å². The molecule has 0 aliphatic heterocycles. The normalized spacial score (nSPS) is 10.8. The molecule has 20 heavy (non-hydrogen) atoms. The van der Waals surface area contributed by atoms with Crippen molar-refractivity contribution in [2.24, 2.45) is 0 Å². The Morgan fingerprint density at radius 2 is 2.20 bits per heavy atom. The third kappa shape index (κ3) is 3.57. The summed E-state index contributed by atoms with van der Waals surface area (Å²) in [5.74, 6) is -2.85. The molecule has 0 aliphatic rings. The standard InChI is InChI=1S/C13H13F2N3OS/c1-18(8-9-6-16-17-7-9)12(19)10-4-2-3-5-11(10)20-13(14)15/h2-7,13H,8H2,1H3,(H,16,17). The second-order valence-electron chi connectivity index (χ2n) is 4.14. The maximum atomic E-state index is 12.5. The van der Waals surface area contributed by atoms with Gasteiger partial charge in [0.15, 0.2) is 0 Å². The van der Waals surface area contributed by atoms with Crippen LogP contribution in [0.3, 0.4) is 0 Å². The van der Waals surface area contributed by atoms with Crippen LogP contribution in [0, 0.1) is 0 Å². The van der Waals surface area contributed by atoms with Crippen LogP contribution in [0.1, 0.15) is 15.9 Å². The number of hydrogen-bond donors (Lipinski definition) is 1. The minimum atomic E-state index is -2.55. The fourth-order valence-electron chi connectivity index (χ4n) is 1.76. The Labute approximate surface area is 119 Å². The van der Waals surface area contributed by atoms with E-state index in [2.05, 4.69) is 10.2 Å². The van der Waals surface area contributed by atoms with Crippen LogP contribution in [0.15, 0.2) is 41.6 Å². The van der Waals surface area contributed by atoms with Crippen molar-refractivity contribution in [1.82, 2.24) is 15.1 Å². The Morgan fingerprint density at radius 3 is 2.85 bits per heavy atom. The summed E-state index contributed by atoms with van der Waals surface area (Å²) in [6.07, 6.45) is 3.30. The lowest BCUT2D eigenvalue weighted by atomic mass is 10.2. The lowest BCUT2D eigenvalue weighted by Gasteiger charge is -2.18. The number of H-pyrrole nitrogens is 1. The molecule has 1 N–H and O–H groups in total. The van der Waals surface area contributed by atoms with Crippen LogP contribution in [0.4, 0.5) is 8.78 Å². The van der Waals surface area contributed by atoms with Crippen molar-refractivity contribution < 1.29 is 13.6 Å². The van der Waals surface area contributed by atoms with Crippen LogP contribution >= 0.6 is 11.8 Å². The maximum Gasteiger partial charge on any atom is 0.288 e. The summed E-state index contributed by atoms with van der Waals surface area (Å²) in [7, 11) is 1.62. The van der Waals surface area contributed by atoms with Crippen LogP contribution in [-0.2, 0) is 6.54 Å². The topological polar surface area (TPSA) is 49.0 Å². The minimum Gasteiger partial charge on any atom is -0.337 e. The van der Waals surface area contributed by atoms with Crippen LogP contribution in [0.2, 0.25) is 0 Å². The van der Waals surface area contributed by atoms with E-state index in [-0.39, 0.29) is 16.4 Å². The third-order valence-corrected chi connectivity index (χ3v) is 3.44. The average molecular weight is 297 g/mol. The second kappa shape index (κ2) is 6.51. The molecule has 0 saturated carbocycles. The zero-order valence-corrected chi connectivity index (χ0v) is 11.5. The number of hydrogen-bond acceptors (Lipinski definition) is 3. The molecule has 2 rings (SSSR count). The van der Waals surface area contributed by atoms with Gasteiger partial charge in [0.25, 0.3) is 11.7 Å². The zero-order valence-electron chi connectivity index (χ0n) is 10.7. The van der Waals surface area contributed by atoms with Crippen LogP contribution in [0.25, 0.3) is 0 Å². The number of carbonyl (C=O) groups is 1. The quantitative estimate of drug-likeness (QED) is 0.863. The molecule has 0 fully saturated rings. The molecule has 0 radical (unpaired) electrons. The van der Waals surface area contributed by atoms with Crippen molar-refractivity contribution in [2.75, 3.05) is 7.05 Å². The number of amides is 1. The molecule has 0 spiro atoms. The monoisotopic (exact) mass is 297 g/mol. The van der Waals surface area contributed by atoms with E-state index in [1.54, 1.807) is 37.6 Å². The highest BCUT2D eigenvalue weighted by Crippen LogP contribution is 2.29. The Kier molecular flexibility index (Phi) is 4.73. The molecule has 1 aromatic heterocycles. The van der Waals surface area contributed by atoms with Crippen molar-refractivity contribution in [1.29, 1.82) is 0 Å². The summed E-state index contributed by atoms with van der Waals surface area (Å²) in [6.45, 7) is 0.364. The summed E-state index contributed by atoms with van der Waals surface area (Å²) in [4.78, 5) is 14.1. The van der Waals surface area contributed by atoms with E-state index in [1.807, 2.05) is 0 Å². The lowest BCUT2D eigenvalue weighted by Crippen LogP contribution is -2.26. The summed E-state index contributed by atoms with van der Waals surface area (Å²) >= 11 is 0.379. The van der Waals surface area contributed by atoms with Crippen molar-refractivity contribution in [3.63, 3.8) is 0 Å². The highest BCUT2D eigenvalue weighted by Gasteiger charge is 2.18. The number of nitrogens with one attached hydrogen (secondary N) is 1. The number of nitrogens with zero attached hydrogens (tertiary/aromatic N) is 2. The molecular weight excluding hydrogens is 284 g/mol. The van der Waals surface area contributed by atoms with Gasteiger partial charge in [0, 0.05) is 30.2 Å². The van der Waals surface area contributed by atoms with E-state index in [0.29, 0.717) is 18.3 Å². The van der Waals surface area contributed by atoms with E-state index in [9.17, 15) is 13.6 Å². The smallest absolute Gasteiger partial charge is 0.288 e. The van der Waals surface area contributed by atoms with E-state index in [0.717, 1.165) is 5.56 Å². The zero-order chi connectivity index (χ0) is 14.5. The number of aromatic nitrogens is 2. The van der Waals surface area contributed by atoms with Gasteiger partial charge in [-0.05, 0) is 12.1 Å². The first-order chi connectivity index (χ1) is 9.58. The van der Waals surface area contributed by atoms with E-state index >= 15 is 0 Å². The lowest BCUT2D eigenvalue weighted by molar-refractivity contribution is 0.0781. The summed E-state index contributed by atoms with van der Waals surface area (Å²) in [6, 6.07) is 6.38. The average Bonchev–Trinajstić information content (AvgIpc) is 2.90. The van der Waals surface area contributed by atoms with Gasteiger partial charge in [0.05, 0.1) is 11.8 Å². The number of halogens is 2. The van der Waals surface area contributed by atoms with Crippen molar-refractivity contribution >= 4 is 17.7 Å². The predicted octanol–water partition coefficient (Wildman–Crippen LogP) is 3.00. The van der Waals surface area contributed by atoms with Crippen molar-refractivity contribution in [2.45, 2.75) is 17.2 Å². The molecule has 0 aliphatic carbocycles. The van der Waals surface area contributed by atoms with E-state index in [4.69, 9.17) is 0 Å². The summed E-state index contributed by atoms with van der Waals surface area (Å²) in [5.41, 5.74) is 1.13. The van der Waals surface area contributed by atoms with Crippen molar-refractivity contribution in [3.8, 4) is 0 Å². The number of rotatable bonds is 5. The van der Waals surface area contributed by atoms with Crippen LogP contribution in [0.5, 0.6) is 0 Å². The number of benzene rings is 1. The van der Waals surface area contributed by atoms with E-state index in [1.165, 1.54) is 11.0 Å². The Morgan fingerprint density at radius 1 is 1.45 bits per heavy atom. The minimum absolute atomic E-state index is 0.281. The summed E-state index contributed by atoms with van der Waals surface area (Å²) in [5, 5.41) is 6.46. The van der Waals surface area contributed by atoms with Crippen molar-refractivity contribution in [3.05, 3.63) is 47.8 Å². The van der Waals surface area contributed by atoms with Gasteiger partial charge in [-0.25, -0.2) is 0 Å². The molecule has 2 aromatic rings. The first kappa shape index (κ1) is 14.5. The number of alkyl halides is 2. The molecule has 1 heterocycles. The van der Waals surface area contributed by atoms with Gasteiger partial charge in [-0.3, -0.25) is 9.89 Å². The van der Waals surface area contributed by atoms with Gasteiger partial charge in [0.2, 0.25) is 0 Å². The van der Waals surface area contributed by atoms with Crippen LogP contribution < -0.4 is 0 Å². The molecule has 0 atom stereocenters. The predicted molar refractivity (Wildman–Crippen MR) is 72.7 cm³/mol. The highest BCUT2D eigenvalue weighted by atomic mass is 32.2. The first-order valence-corrected chi connectivity index (χ1v) is 6.73. The molecule has 7 heteroatoms. The van der Waals surface area contributed by atoms with Gasteiger partial charge < -0.3 is 4.90 Å². The van der Waals surface area contributed by atoms with Gasteiger partial charge in [-0.2, -0.15) is 13.9 Å². The molecule has 0 unspecified atom stereocenters. The fraction of sp³-hybridized carbons (Fsp3) is 0.231. The number of aromatic amines is 1. The van der Waals surface area contributed by atoms with E-state index < -0.39 is 5.76 Å². The molecule has 4 nitrogen and oxygen atoms in total. The maximum absolute atomic E-state index is 12.5. The highest BCUT2D eigenvalue weighted by molar-refractivity contribution is 7.99. The van der Waals surface area contributed by atoms with Gasteiger partial charge >= 0.3 is 0 Å². The van der Waals surface area contributed by atoms with Gasteiger partial charge in [0.1, 0.15) is 0 Å².